The van der Waals surface area contributed by atoms with Gasteiger partial charge in [0.15, 0.2) is 0 Å². The molecule has 0 saturated heterocycles. The Morgan fingerprint density at radius 1 is 1.61 bits per heavy atom. The number of thioether (sulfide) groups is 1. The van der Waals surface area contributed by atoms with Crippen molar-refractivity contribution in [2.24, 2.45) is 5.73 Å². The Morgan fingerprint density at radius 2 is 2.39 bits per heavy atom. The van der Waals surface area contributed by atoms with Gasteiger partial charge in [0.1, 0.15) is 0 Å². The van der Waals surface area contributed by atoms with Crippen LogP contribution in [0.25, 0.3) is 0 Å². The zero-order valence-corrected chi connectivity index (χ0v) is 11.9. The van der Waals surface area contributed by atoms with Crippen LogP contribution in [0.2, 0.25) is 5.02 Å². The van der Waals surface area contributed by atoms with E-state index in [1.165, 1.54) is 0 Å². The zero-order valence-electron chi connectivity index (χ0n) is 10.3. The molecule has 1 aromatic rings. The van der Waals surface area contributed by atoms with Crippen LogP contribution in [0.5, 0.6) is 0 Å². The molecule has 3 nitrogen and oxygen atoms in total. The quantitative estimate of drug-likeness (QED) is 0.893. The van der Waals surface area contributed by atoms with Gasteiger partial charge in [-0.1, -0.05) is 17.7 Å². The van der Waals surface area contributed by atoms with Gasteiger partial charge in [-0.05, 0) is 44.5 Å². The van der Waals surface area contributed by atoms with Crippen molar-refractivity contribution in [1.29, 1.82) is 0 Å². The van der Waals surface area contributed by atoms with Crippen LogP contribution in [-0.4, -0.2) is 23.7 Å². The predicted octanol–water partition coefficient (Wildman–Crippen LogP) is 2.43. The second-order valence-corrected chi connectivity index (χ2v) is 6.45. The van der Waals surface area contributed by atoms with E-state index in [9.17, 15) is 4.79 Å². The van der Waals surface area contributed by atoms with Crippen LogP contribution in [0.1, 0.15) is 19.3 Å². The molecule has 1 amide bonds. The van der Waals surface area contributed by atoms with Gasteiger partial charge in [0.05, 0.1) is 5.54 Å². The molecular formula is C13H17ClN2OS. The fourth-order valence-electron chi connectivity index (χ4n) is 2.41. The molecule has 1 aromatic carbocycles. The first-order valence-electron chi connectivity index (χ1n) is 5.97. The van der Waals surface area contributed by atoms with E-state index in [1.54, 1.807) is 18.8 Å². The highest BCUT2D eigenvalue weighted by atomic mass is 35.5. The van der Waals surface area contributed by atoms with Gasteiger partial charge in [0.2, 0.25) is 5.91 Å². The van der Waals surface area contributed by atoms with Crippen molar-refractivity contribution in [3.63, 3.8) is 0 Å². The molecule has 3 N–H and O–H groups in total. The third-order valence-corrected chi connectivity index (χ3v) is 5.02. The highest BCUT2D eigenvalue weighted by Crippen LogP contribution is 2.40. The Balaban J connectivity index is 2.03. The van der Waals surface area contributed by atoms with Crippen molar-refractivity contribution >= 4 is 29.3 Å². The first-order chi connectivity index (χ1) is 8.55. The zero-order chi connectivity index (χ0) is 13.2. The monoisotopic (exact) mass is 284 g/mol. The van der Waals surface area contributed by atoms with E-state index in [4.69, 9.17) is 17.3 Å². The van der Waals surface area contributed by atoms with Gasteiger partial charge in [-0.15, -0.1) is 11.8 Å². The Labute approximate surface area is 116 Å². The Kier molecular flexibility index (Phi) is 4.20. The Bertz CT molecular complexity index is 454. The lowest BCUT2D eigenvalue weighted by Crippen LogP contribution is -2.52. The number of carbonyl (C=O) groups is 1. The summed E-state index contributed by atoms with van der Waals surface area (Å²) in [4.78, 5) is 12.7. The van der Waals surface area contributed by atoms with E-state index in [1.807, 2.05) is 24.3 Å². The standard InChI is InChI=1S/C13H17ClN2OS/c1-16-13(12(15)17)6-5-11(8-13)18-10-4-2-3-9(14)7-10/h2-4,7,11,16H,5-6,8H2,1H3,(H2,15,17). The number of halogens is 1. The number of carbonyl (C=O) groups excluding carboxylic acids is 1. The SMILES string of the molecule is CNC1(C(N)=O)CCC(Sc2cccc(Cl)c2)C1. The number of likely N-dealkylation sites (N-methyl/N-ethyl adjacent to an activating group) is 1. The molecular weight excluding hydrogens is 268 g/mol. The highest BCUT2D eigenvalue weighted by Gasteiger charge is 2.42. The van der Waals surface area contributed by atoms with Crippen LogP contribution in [0, 0.1) is 0 Å². The average molecular weight is 285 g/mol. The molecule has 0 spiro atoms. The van der Waals surface area contributed by atoms with Crippen molar-refractivity contribution in [1.82, 2.24) is 5.32 Å². The van der Waals surface area contributed by atoms with Crippen LogP contribution >= 0.6 is 23.4 Å². The van der Waals surface area contributed by atoms with Gasteiger partial charge < -0.3 is 11.1 Å². The molecule has 2 atom stereocenters. The van der Waals surface area contributed by atoms with E-state index < -0.39 is 5.54 Å². The molecule has 0 bridgehead atoms. The van der Waals surface area contributed by atoms with Crippen LogP contribution in [-0.2, 0) is 4.79 Å². The maximum absolute atomic E-state index is 11.5. The fraction of sp³-hybridized carbons (Fsp3) is 0.462. The maximum atomic E-state index is 11.5. The molecule has 1 saturated carbocycles. The van der Waals surface area contributed by atoms with Crippen molar-refractivity contribution in [3.05, 3.63) is 29.3 Å². The van der Waals surface area contributed by atoms with Crippen molar-refractivity contribution in [3.8, 4) is 0 Å². The summed E-state index contributed by atoms with van der Waals surface area (Å²) in [7, 11) is 1.80. The van der Waals surface area contributed by atoms with E-state index in [2.05, 4.69) is 5.32 Å². The van der Waals surface area contributed by atoms with Gasteiger partial charge in [-0.2, -0.15) is 0 Å². The number of primary amides is 1. The first-order valence-corrected chi connectivity index (χ1v) is 7.22. The Morgan fingerprint density at radius 3 is 2.94 bits per heavy atom. The largest absolute Gasteiger partial charge is 0.368 e. The van der Waals surface area contributed by atoms with E-state index in [0.29, 0.717) is 5.25 Å². The van der Waals surface area contributed by atoms with Crippen molar-refractivity contribution < 1.29 is 4.79 Å². The van der Waals surface area contributed by atoms with Gasteiger partial charge >= 0.3 is 0 Å². The molecule has 1 aliphatic rings. The fourth-order valence-corrected chi connectivity index (χ4v) is 4.00. The molecule has 2 rings (SSSR count). The van der Waals surface area contributed by atoms with E-state index >= 15 is 0 Å². The molecule has 0 aliphatic heterocycles. The molecule has 1 aliphatic carbocycles. The summed E-state index contributed by atoms with van der Waals surface area (Å²) in [6.07, 6.45) is 2.56. The van der Waals surface area contributed by atoms with E-state index in [0.717, 1.165) is 29.2 Å². The summed E-state index contributed by atoms with van der Waals surface area (Å²) in [6, 6.07) is 7.80. The minimum atomic E-state index is -0.532. The second kappa shape index (κ2) is 5.51. The lowest BCUT2D eigenvalue weighted by Gasteiger charge is -2.24. The van der Waals surface area contributed by atoms with E-state index in [-0.39, 0.29) is 5.91 Å². The van der Waals surface area contributed by atoms with Gasteiger partial charge in [0, 0.05) is 15.2 Å². The molecule has 2 unspecified atom stereocenters. The molecule has 98 valence electrons. The summed E-state index contributed by atoms with van der Waals surface area (Å²) in [5, 5.41) is 4.24. The van der Waals surface area contributed by atoms with Gasteiger partial charge in [0.25, 0.3) is 0 Å². The number of benzene rings is 1. The number of hydrogen-bond donors (Lipinski definition) is 2. The van der Waals surface area contributed by atoms with Crippen LogP contribution in [0.4, 0.5) is 0 Å². The van der Waals surface area contributed by atoms with Crippen molar-refractivity contribution in [2.75, 3.05) is 7.05 Å². The van der Waals surface area contributed by atoms with Crippen molar-refractivity contribution in [2.45, 2.75) is 34.9 Å². The lowest BCUT2D eigenvalue weighted by molar-refractivity contribution is -0.124. The van der Waals surface area contributed by atoms with Crippen LogP contribution in [0.3, 0.4) is 0 Å². The average Bonchev–Trinajstić information content (AvgIpc) is 2.74. The summed E-state index contributed by atoms with van der Waals surface area (Å²) in [5.74, 6) is -0.251. The predicted molar refractivity (Wildman–Crippen MR) is 75.9 cm³/mol. The summed E-state index contributed by atoms with van der Waals surface area (Å²) in [5.41, 5.74) is 4.96. The number of nitrogens with two attached hydrogens (primary N) is 1. The summed E-state index contributed by atoms with van der Waals surface area (Å²) < 4.78 is 0. The molecule has 1 fully saturated rings. The topological polar surface area (TPSA) is 55.1 Å². The summed E-state index contributed by atoms with van der Waals surface area (Å²) in [6.45, 7) is 0. The maximum Gasteiger partial charge on any atom is 0.237 e. The molecule has 0 radical (unpaired) electrons. The Hall–Kier alpha value is -0.710. The second-order valence-electron chi connectivity index (χ2n) is 4.64. The molecule has 0 aromatic heterocycles. The van der Waals surface area contributed by atoms with Gasteiger partial charge in [-0.3, -0.25) is 4.79 Å². The number of amides is 1. The number of rotatable bonds is 4. The first kappa shape index (κ1) is 13.7. The minimum absolute atomic E-state index is 0.251. The normalized spacial score (nSPS) is 27.3. The molecule has 5 heteroatoms. The smallest absolute Gasteiger partial charge is 0.237 e. The third-order valence-electron chi connectivity index (χ3n) is 3.52. The van der Waals surface area contributed by atoms with Crippen LogP contribution < -0.4 is 11.1 Å². The molecule has 18 heavy (non-hydrogen) atoms. The minimum Gasteiger partial charge on any atom is -0.368 e. The molecule has 0 heterocycles. The number of nitrogens with one attached hydrogen (secondary N) is 1. The lowest BCUT2D eigenvalue weighted by atomic mass is 9.97. The summed E-state index contributed by atoms with van der Waals surface area (Å²) >= 11 is 7.73. The third kappa shape index (κ3) is 2.82. The van der Waals surface area contributed by atoms with Gasteiger partial charge in [-0.25, -0.2) is 0 Å². The number of hydrogen-bond acceptors (Lipinski definition) is 3. The van der Waals surface area contributed by atoms with Crippen LogP contribution in [0.15, 0.2) is 29.2 Å². The highest BCUT2D eigenvalue weighted by molar-refractivity contribution is 8.00.